The number of benzene rings is 4. The summed E-state index contributed by atoms with van der Waals surface area (Å²) in [6.07, 6.45) is 0.341. The van der Waals surface area contributed by atoms with Crippen LogP contribution >= 0.6 is 11.8 Å². The fourth-order valence-corrected chi connectivity index (χ4v) is 5.66. The zero-order valence-electron chi connectivity index (χ0n) is 23.9. The van der Waals surface area contributed by atoms with Gasteiger partial charge in [-0.2, -0.15) is 0 Å². The van der Waals surface area contributed by atoms with Crippen molar-refractivity contribution in [1.82, 2.24) is 20.1 Å². The number of nitro benzene ring substituents is 2. The van der Waals surface area contributed by atoms with Gasteiger partial charge in [0.1, 0.15) is 0 Å². The van der Waals surface area contributed by atoms with E-state index in [9.17, 15) is 25.0 Å². The number of rotatable bonds is 11. The number of hydrogen-bond donors (Lipinski definition) is 1. The molecular weight excluding hydrogens is 580 g/mol. The van der Waals surface area contributed by atoms with E-state index in [-0.39, 0.29) is 16.9 Å². The highest BCUT2D eigenvalue weighted by Crippen LogP contribution is 2.30. The van der Waals surface area contributed by atoms with E-state index in [1.165, 1.54) is 30.0 Å². The minimum absolute atomic E-state index is 0.0626. The summed E-state index contributed by atoms with van der Waals surface area (Å²) in [5, 5.41) is 35.4. The van der Waals surface area contributed by atoms with Crippen molar-refractivity contribution in [2.45, 2.75) is 37.2 Å². The summed E-state index contributed by atoms with van der Waals surface area (Å²) in [6.45, 7) is 3.63. The predicted molar refractivity (Wildman–Crippen MR) is 167 cm³/mol. The summed E-state index contributed by atoms with van der Waals surface area (Å²) in [7, 11) is 0. The lowest BCUT2D eigenvalue weighted by Crippen LogP contribution is -2.32. The molecule has 5 rings (SSSR count). The molecule has 0 saturated carbocycles. The second kappa shape index (κ2) is 13.3. The Morgan fingerprint density at radius 2 is 1.59 bits per heavy atom. The summed E-state index contributed by atoms with van der Waals surface area (Å²) in [6, 6.07) is 27.3. The molecule has 4 aromatic carbocycles. The Morgan fingerprint density at radius 3 is 2.27 bits per heavy atom. The van der Waals surface area contributed by atoms with Gasteiger partial charge >= 0.3 is 0 Å². The van der Waals surface area contributed by atoms with E-state index in [1.54, 1.807) is 35.8 Å². The zero-order valence-corrected chi connectivity index (χ0v) is 24.7. The van der Waals surface area contributed by atoms with Gasteiger partial charge in [-0.25, -0.2) is 0 Å². The molecule has 5 aromatic rings. The smallest absolute Gasteiger partial charge is 0.273 e. The van der Waals surface area contributed by atoms with Crippen molar-refractivity contribution in [2.24, 2.45) is 0 Å². The minimum Gasteiger partial charge on any atom is -0.342 e. The van der Waals surface area contributed by atoms with E-state index in [0.717, 1.165) is 16.7 Å². The Kier molecular flexibility index (Phi) is 9.10. The molecule has 1 atom stereocenters. The van der Waals surface area contributed by atoms with Gasteiger partial charge in [0, 0.05) is 40.8 Å². The Balaban J connectivity index is 1.56. The van der Waals surface area contributed by atoms with Crippen LogP contribution in [0.4, 0.5) is 11.4 Å². The largest absolute Gasteiger partial charge is 0.342 e. The van der Waals surface area contributed by atoms with Gasteiger partial charge in [-0.05, 0) is 49.6 Å². The second-order valence-electron chi connectivity index (χ2n) is 10.2. The highest BCUT2D eigenvalue weighted by atomic mass is 32.2. The van der Waals surface area contributed by atoms with Crippen molar-refractivity contribution >= 4 is 29.0 Å². The second-order valence-corrected chi connectivity index (χ2v) is 11.1. The van der Waals surface area contributed by atoms with Crippen LogP contribution in [0.5, 0.6) is 0 Å². The van der Waals surface area contributed by atoms with Crippen molar-refractivity contribution in [2.75, 3.05) is 0 Å². The molecule has 0 aliphatic carbocycles. The SMILES string of the molecule is Cc1cccc(CSc2nnc(C(Cc3ccccc3)NC(=O)c3ccc(C)c([N+](=O)[O-])c3)n2-c2ccc([N+](=O)[O-])cc2)c1. The molecule has 0 aliphatic heterocycles. The molecule has 1 aromatic heterocycles. The third kappa shape index (κ3) is 6.98. The number of aromatic nitrogens is 3. The van der Waals surface area contributed by atoms with E-state index in [4.69, 9.17) is 0 Å². The van der Waals surface area contributed by atoms with Crippen LogP contribution in [-0.2, 0) is 12.2 Å². The van der Waals surface area contributed by atoms with Gasteiger partial charge < -0.3 is 5.32 Å². The van der Waals surface area contributed by atoms with Crippen LogP contribution in [0.25, 0.3) is 5.69 Å². The van der Waals surface area contributed by atoms with Crippen LogP contribution in [0.2, 0.25) is 0 Å². The van der Waals surface area contributed by atoms with Crippen molar-refractivity contribution in [3.8, 4) is 5.69 Å². The number of nitro groups is 2. The van der Waals surface area contributed by atoms with E-state index >= 15 is 0 Å². The molecule has 12 heteroatoms. The van der Waals surface area contributed by atoms with Gasteiger partial charge in [-0.1, -0.05) is 78.0 Å². The first-order chi connectivity index (χ1) is 21.2. The fraction of sp³-hybridized carbons (Fsp3) is 0.156. The Morgan fingerprint density at radius 1 is 0.864 bits per heavy atom. The van der Waals surface area contributed by atoms with E-state index in [2.05, 4.69) is 21.6 Å². The van der Waals surface area contributed by atoms with Gasteiger partial charge in [-0.3, -0.25) is 29.6 Å². The molecule has 44 heavy (non-hydrogen) atoms. The highest BCUT2D eigenvalue weighted by Gasteiger charge is 2.26. The summed E-state index contributed by atoms with van der Waals surface area (Å²) in [5.41, 5.74) is 4.08. The van der Waals surface area contributed by atoms with Crippen LogP contribution in [0, 0.1) is 34.1 Å². The number of aryl methyl sites for hydroxylation is 2. The van der Waals surface area contributed by atoms with Crippen molar-refractivity contribution < 1.29 is 14.6 Å². The first-order valence-corrected chi connectivity index (χ1v) is 14.7. The molecule has 0 aliphatic rings. The van der Waals surface area contributed by atoms with Crippen LogP contribution < -0.4 is 5.32 Å². The topological polar surface area (TPSA) is 146 Å². The monoisotopic (exact) mass is 608 g/mol. The average Bonchev–Trinajstić information content (AvgIpc) is 3.44. The van der Waals surface area contributed by atoms with Gasteiger partial charge in [0.25, 0.3) is 17.3 Å². The van der Waals surface area contributed by atoms with Crippen LogP contribution in [-0.4, -0.2) is 30.5 Å². The number of carbonyl (C=O) groups excluding carboxylic acids is 1. The molecule has 222 valence electrons. The van der Waals surface area contributed by atoms with E-state index in [1.807, 2.05) is 55.5 Å². The zero-order chi connectivity index (χ0) is 31.2. The molecule has 0 fully saturated rings. The van der Waals surface area contributed by atoms with Crippen LogP contribution in [0.3, 0.4) is 0 Å². The number of carbonyl (C=O) groups is 1. The van der Waals surface area contributed by atoms with Crippen molar-refractivity contribution in [3.05, 3.63) is 151 Å². The normalized spacial score (nSPS) is 11.6. The van der Waals surface area contributed by atoms with Gasteiger partial charge in [0.2, 0.25) is 0 Å². The first-order valence-electron chi connectivity index (χ1n) is 13.7. The average molecular weight is 609 g/mol. The molecule has 0 spiro atoms. The molecule has 0 saturated heterocycles. The predicted octanol–water partition coefficient (Wildman–Crippen LogP) is 6.71. The Labute approximate surface area is 257 Å². The first kappa shape index (κ1) is 30.1. The van der Waals surface area contributed by atoms with Gasteiger partial charge in [0.05, 0.1) is 15.9 Å². The van der Waals surface area contributed by atoms with E-state index in [0.29, 0.717) is 34.4 Å². The number of hydrogen-bond acceptors (Lipinski definition) is 8. The van der Waals surface area contributed by atoms with Crippen molar-refractivity contribution in [1.29, 1.82) is 0 Å². The van der Waals surface area contributed by atoms with E-state index < -0.39 is 21.8 Å². The molecule has 1 amide bonds. The van der Waals surface area contributed by atoms with Gasteiger partial charge in [-0.15, -0.1) is 10.2 Å². The fourth-order valence-electron chi connectivity index (χ4n) is 4.76. The van der Waals surface area contributed by atoms with Crippen molar-refractivity contribution in [3.63, 3.8) is 0 Å². The minimum atomic E-state index is -0.707. The lowest BCUT2D eigenvalue weighted by molar-refractivity contribution is -0.385. The lowest BCUT2D eigenvalue weighted by Gasteiger charge is -2.20. The molecule has 0 bridgehead atoms. The quantitative estimate of drug-likeness (QED) is 0.0989. The van der Waals surface area contributed by atoms with Crippen LogP contribution in [0.15, 0.2) is 102 Å². The number of non-ortho nitro benzene ring substituents is 1. The Hall–Kier alpha value is -5.36. The molecule has 0 radical (unpaired) electrons. The molecule has 1 N–H and O–H groups in total. The lowest BCUT2D eigenvalue weighted by atomic mass is 10.0. The third-order valence-electron chi connectivity index (χ3n) is 7.00. The summed E-state index contributed by atoms with van der Waals surface area (Å²) < 4.78 is 1.79. The summed E-state index contributed by atoms with van der Waals surface area (Å²) in [4.78, 5) is 35.5. The highest BCUT2D eigenvalue weighted by molar-refractivity contribution is 7.98. The summed E-state index contributed by atoms with van der Waals surface area (Å²) >= 11 is 1.45. The third-order valence-corrected chi connectivity index (χ3v) is 8.00. The Bertz CT molecular complexity index is 1830. The molecule has 1 unspecified atom stereocenters. The number of amides is 1. The summed E-state index contributed by atoms with van der Waals surface area (Å²) in [5.74, 6) is 0.487. The maximum absolute atomic E-state index is 13.6. The number of nitrogens with zero attached hydrogens (tertiary/aromatic N) is 5. The number of thioether (sulfide) groups is 1. The number of nitrogens with one attached hydrogen (secondary N) is 1. The maximum atomic E-state index is 13.6. The molecular formula is C32H28N6O5S. The molecule has 1 heterocycles. The van der Waals surface area contributed by atoms with Gasteiger partial charge in [0.15, 0.2) is 11.0 Å². The maximum Gasteiger partial charge on any atom is 0.273 e. The van der Waals surface area contributed by atoms with Crippen LogP contribution in [0.1, 0.15) is 44.5 Å². The molecule has 11 nitrogen and oxygen atoms in total. The standard InChI is InChI=1S/C32H28N6O5S/c1-21-7-6-10-24(17-21)20-44-32-35-34-30(36(32)26-13-15-27(16-14-26)37(40)41)28(18-23-8-4-3-5-9-23)33-31(39)25-12-11-22(2)29(19-25)38(42)43/h3-17,19,28H,18,20H2,1-2H3,(H,33,39).